The number of benzene rings is 1. The molecule has 0 radical (unpaired) electrons. The molecule has 0 aliphatic rings. The smallest absolute Gasteiger partial charge is 0.124 e. The molecule has 0 spiro atoms. The molecule has 3 nitrogen and oxygen atoms in total. The summed E-state index contributed by atoms with van der Waals surface area (Å²) in [6, 6.07) is 4.26. The minimum atomic E-state index is -0.0919. The van der Waals surface area contributed by atoms with Gasteiger partial charge in [-0.1, -0.05) is 6.07 Å². The van der Waals surface area contributed by atoms with Gasteiger partial charge in [0.25, 0.3) is 0 Å². The van der Waals surface area contributed by atoms with Crippen LogP contribution in [0.5, 0.6) is 5.75 Å². The molecule has 3 heteroatoms. The molecule has 98 valence electrons. The van der Waals surface area contributed by atoms with Gasteiger partial charge in [-0.3, -0.25) is 0 Å². The van der Waals surface area contributed by atoms with Gasteiger partial charge in [0.05, 0.1) is 19.2 Å². The van der Waals surface area contributed by atoms with E-state index in [2.05, 4.69) is 38.2 Å². The summed E-state index contributed by atoms with van der Waals surface area (Å²) in [5.41, 5.74) is 4.98. The van der Waals surface area contributed by atoms with Crippen LogP contribution in [0.2, 0.25) is 0 Å². The Bertz CT molecular complexity index is 461. The average Bonchev–Trinajstić information content (AvgIpc) is 2.35. The summed E-state index contributed by atoms with van der Waals surface area (Å²) in [7, 11) is 1.71. The number of ether oxygens (including phenoxy) is 1. The fraction of sp³-hybridized carbons (Fsp3) is 0.533. The molecule has 1 atom stereocenters. The molecule has 0 heterocycles. The molecule has 0 amide bonds. The second-order valence-electron chi connectivity index (χ2n) is 4.69. The zero-order valence-electron chi connectivity index (χ0n) is 11.9. The van der Waals surface area contributed by atoms with Gasteiger partial charge in [-0.05, 0) is 56.4 Å². The van der Waals surface area contributed by atoms with E-state index in [-0.39, 0.29) is 6.04 Å². The first-order chi connectivity index (χ1) is 8.51. The Morgan fingerprint density at radius 2 is 2.00 bits per heavy atom. The van der Waals surface area contributed by atoms with E-state index in [4.69, 9.17) is 10.00 Å². The predicted octanol–water partition coefficient (Wildman–Crippen LogP) is 2.66. The molecule has 0 saturated carbocycles. The van der Waals surface area contributed by atoms with Crippen molar-refractivity contribution in [1.29, 1.82) is 5.26 Å². The summed E-state index contributed by atoms with van der Waals surface area (Å²) in [6.45, 7) is 8.98. The van der Waals surface area contributed by atoms with Crippen molar-refractivity contribution in [2.45, 2.75) is 40.2 Å². The highest BCUT2D eigenvalue weighted by Gasteiger charge is 2.10. The van der Waals surface area contributed by atoms with Crippen molar-refractivity contribution in [3.05, 3.63) is 28.3 Å². The molecule has 1 rings (SSSR count). The van der Waals surface area contributed by atoms with Gasteiger partial charge in [-0.15, -0.1) is 0 Å². The van der Waals surface area contributed by atoms with Crippen LogP contribution in [0.4, 0.5) is 0 Å². The SMILES string of the molecule is COc1c(C)cc(CCNC(C)C#N)c(C)c1C. The summed E-state index contributed by atoms with van der Waals surface area (Å²) in [4.78, 5) is 0. The number of hydrogen-bond donors (Lipinski definition) is 1. The highest BCUT2D eigenvalue weighted by Crippen LogP contribution is 2.28. The fourth-order valence-corrected chi connectivity index (χ4v) is 2.18. The van der Waals surface area contributed by atoms with Crippen molar-refractivity contribution < 1.29 is 4.74 Å². The van der Waals surface area contributed by atoms with E-state index in [0.29, 0.717) is 0 Å². The third kappa shape index (κ3) is 3.24. The molecular formula is C15H22N2O. The Kier molecular flexibility index (Phi) is 5.18. The van der Waals surface area contributed by atoms with Crippen LogP contribution < -0.4 is 10.1 Å². The van der Waals surface area contributed by atoms with Crippen LogP contribution in [0.25, 0.3) is 0 Å². The molecule has 18 heavy (non-hydrogen) atoms. The van der Waals surface area contributed by atoms with Crippen molar-refractivity contribution in [1.82, 2.24) is 5.32 Å². The van der Waals surface area contributed by atoms with Crippen molar-refractivity contribution in [2.24, 2.45) is 0 Å². The topological polar surface area (TPSA) is 45.0 Å². The van der Waals surface area contributed by atoms with Crippen LogP contribution in [0.15, 0.2) is 6.07 Å². The quantitative estimate of drug-likeness (QED) is 0.868. The number of rotatable bonds is 5. The lowest BCUT2D eigenvalue weighted by Crippen LogP contribution is -2.26. The van der Waals surface area contributed by atoms with Gasteiger partial charge in [0.1, 0.15) is 5.75 Å². The Morgan fingerprint density at radius 3 is 2.56 bits per heavy atom. The number of nitrogens with one attached hydrogen (secondary N) is 1. The predicted molar refractivity (Wildman–Crippen MR) is 74.0 cm³/mol. The molecule has 1 unspecified atom stereocenters. The Balaban J connectivity index is 2.82. The highest BCUT2D eigenvalue weighted by atomic mass is 16.5. The van der Waals surface area contributed by atoms with Crippen LogP contribution >= 0.6 is 0 Å². The standard InChI is InChI=1S/C15H22N2O/c1-10-8-14(6-7-17-11(2)9-16)12(3)13(4)15(10)18-5/h8,11,17H,6-7H2,1-5H3. The number of methoxy groups -OCH3 is 1. The number of nitrogens with zero attached hydrogens (tertiary/aromatic N) is 1. The van der Waals surface area contributed by atoms with Crippen molar-refractivity contribution in [3.63, 3.8) is 0 Å². The molecule has 0 bridgehead atoms. The first kappa shape index (κ1) is 14.5. The third-order valence-corrected chi connectivity index (χ3v) is 3.38. The van der Waals surface area contributed by atoms with E-state index in [1.807, 2.05) is 6.92 Å². The van der Waals surface area contributed by atoms with Gasteiger partial charge >= 0.3 is 0 Å². The molecule has 1 aromatic rings. The Labute approximate surface area is 110 Å². The number of aryl methyl sites for hydroxylation is 1. The lowest BCUT2D eigenvalue weighted by atomic mass is 9.96. The number of hydrogen-bond acceptors (Lipinski definition) is 3. The Morgan fingerprint density at radius 1 is 1.33 bits per heavy atom. The lowest BCUT2D eigenvalue weighted by molar-refractivity contribution is 0.408. The van der Waals surface area contributed by atoms with Crippen LogP contribution in [0.1, 0.15) is 29.2 Å². The monoisotopic (exact) mass is 246 g/mol. The minimum absolute atomic E-state index is 0.0919. The lowest BCUT2D eigenvalue weighted by Gasteiger charge is -2.16. The molecule has 0 aliphatic heterocycles. The molecule has 0 aliphatic carbocycles. The summed E-state index contributed by atoms with van der Waals surface area (Å²) < 4.78 is 5.41. The van der Waals surface area contributed by atoms with E-state index in [9.17, 15) is 0 Å². The maximum absolute atomic E-state index is 8.71. The van der Waals surface area contributed by atoms with Gasteiger partial charge in [0.2, 0.25) is 0 Å². The maximum Gasteiger partial charge on any atom is 0.124 e. The van der Waals surface area contributed by atoms with Gasteiger partial charge < -0.3 is 10.1 Å². The highest BCUT2D eigenvalue weighted by molar-refractivity contribution is 5.49. The zero-order chi connectivity index (χ0) is 13.7. The molecule has 1 aromatic carbocycles. The number of nitriles is 1. The summed E-state index contributed by atoms with van der Waals surface area (Å²) in [5.74, 6) is 0.981. The van der Waals surface area contributed by atoms with E-state index < -0.39 is 0 Å². The van der Waals surface area contributed by atoms with Gasteiger partial charge in [-0.2, -0.15) is 5.26 Å². The van der Waals surface area contributed by atoms with E-state index in [0.717, 1.165) is 18.7 Å². The molecule has 0 saturated heterocycles. The fourth-order valence-electron chi connectivity index (χ4n) is 2.18. The summed E-state index contributed by atoms with van der Waals surface area (Å²) in [5, 5.41) is 11.9. The summed E-state index contributed by atoms with van der Waals surface area (Å²) in [6.07, 6.45) is 0.934. The Hall–Kier alpha value is -1.53. The average molecular weight is 246 g/mol. The van der Waals surface area contributed by atoms with Gasteiger partial charge in [0, 0.05) is 6.54 Å². The van der Waals surface area contributed by atoms with Gasteiger partial charge in [0.15, 0.2) is 0 Å². The second kappa shape index (κ2) is 6.42. The van der Waals surface area contributed by atoms with Crippen LogP contribution in [0.3, 0.4) is 0 Å². The van der Waals surface area contributed by atoms with Crippen molar-refractivity contribution in [3.8, 4) is 11.8 Å². The largest absolute Gasteiger partial charge is 0.496 e. The second-order valence-corrected chi connectivity index (χ2v) is 4.69. The molecular weight excluding hydrogens is 224 g/mol. The molecule has 1 N–H and O–H groups in total. The first-order valence-corrected chi connectivity index (χ1v) is 6.28. The van der Waals surface area contributed by atoms with Crippen LogP contribution in [-0.2, 0) is 6.42 Å². The van der Waals surface area contributed by atoms with E-state index >= 15 is 0 Å². The van der Waals surface area contributed by atoms with E-state index in [1.54, 1.807) is 7.11 Å². The van der Waals surface area contributed by atoms with E-state index in [1.165, 1.54) is 22.3 Å². The third-order valence-electron chi connectivity index (χ3n) is 3.38. The first-order valence-electron chi connectivity index (χ1n) is 6.28. The minimum Gasteiger partial charge on any atom is -0.496 e. The maximum atomic E-state index is 8.71. The van der Waals surface area contributed by atoms with Crippen LogP contribution in [0, 0.1) is 32.1 Å². The van der Waals surface area contributed by atoms with Crippen molar-refractivity contribution >= 4 is 0 Å². The van der Waals surface area contributed by atoms with Crippen LogP contribution in [-0.4, -0.2) is 19.7 Å². The summed E-state index contributed by atoms with van der Waals surface area (Å²) >= 11 is 0. The molecule has 0 aromatic heterocycles. The normalized spacial score (nSPS) is 12.0. The van der Waals surface area contributed by atoms with Gasteiger partial charge in [-0.25, -0.2) is 0 Å². The molecule has 0 fully saturated rings. The zero-order valence-corrected chi connectivity index (χ0v) is 11.9. The van der Waals surface area contributed by atoms with Crippen molar-refractivity contribution in [2.75, 3.05) is 13.7 Å².